The molecule has 0 aliphatic carbocycles. The Hall–Kier alpha value is -1.38. The first-order valence-corrected chi connectivity index (χ1v) is 7.70. The molecule has 0 amide bonds. The van der Waals surface area contributed by atoms with E-state index in [0.717, 1.165) is 26.1 Å². The summed E-state index contributed by atoms with van der Waals surface area (Å²) in [5.41, 5.74) is 1.35. The number of fused-ring (bicyclic) bond motifs is 1. The van der Waals surface area contributed by atoms with Gasteiger partial charge in [-0.25, -0.2) is 0 Å². The number of benzene rings is 2. The van der Waals surface area contributed by atoms with Crippen LogP contribution in [0.5, 0.6) is 0 Å². The number of nitrogens with one attached hydrogen (secondary N) is 1. The molecule has 0 radical (unpaired) electrons. The van der Waals surface area contributed by atoms with Crippen molar-refractivity contribution in [3.63, 3.8) is 0 Å². The molecule has 3 rings (SSSR count). The Morgan fingerprint density at radius 2 is 2.00 bits per heavy atom. The lowest BCUT2D eigenvalue weighted by Crippen LogP contribution is -2.25. The van der Waals surface area contributed by atoms with Gasteiger partial charge in [0.2, 0.25) is 0 Å². The van der Waals surface area contributed by atoms with Gasteiger partial charge in [-0.1, -0.05) is 49.4 Å². The topological polar surface area (TPSA) is 21.3 Å². The fraction of sp³-hybridized carbons (Fsp3) is 0.444. The van der Waals surface area contributed by atoms with Gasteiger partial charge in [0.05, 0.1) is 6.10 Å². The van der Waals surface area contributed by atoms with Gasteiger partial charge < -0.3 is 10.1 Å². The molecule has 1 fully saturated rings. The highest BCUT2D eigenvalue weighted by atomic mass is 16.5. The lowest BCUT2D eigenvalue weighted by atomic mass is 9.91. The molecule has 0 aromatic heterocycles. The van der Waals surface area contributed by atoms with Gasteiger partial charge >= 0.3 is 0 Å². The van der Waals surface area contributed by atoms with Crippen LogP contribution < -0.4 is 5.32 Å². The zero-order valence-electron chi connectivity index (χ0n) is 12.1. The van der Waals surface area contributed by atoms with Crippen molar-refractivity contribution < 1.29 is 4.74 Å². The highest BCUT2D eigenvalue weighted by molar-refractivity contribution is 5.86. The quantitative estimate of drug-likeness (QED) is 0.831. The summed E-state index contributed by atoms with van der Waals surface area (Å²) in [6, 6.07) is 15.2. The first-order chi connectivity index (χ1) is 9.90. The molecule has 0 bridgehead atoms. The zero-order valence-corrected chi connectivity index (χ0v) is 12.1. The monoisotopic (exact) mass is 269 g/mol. The molecule has 0 spiro atoms. The summed E-state index contributed by atoms with van der Waals surface area (Å²) in [7, 11) is 0. The van der Waals surface area contributed by atoms with Gasteiger partial charge in [0.15, 0.2) is 0 Å². The standard InChI is InChI=1S/C18H23NO/c1-2-11-19-13-15-10-12-20-18(15)17-9-5-7-14-6-3-4-8-16(14)17/h3-9,15,18-19H,2,10-13H2,1H3. The van der Waals surface area contributed by atoms with Gasteiger partial charge in [0, 0.05) is 19.1 Å². The number of hydrogen-bond acceptors (Lipinski definition) is 2. The number of rotatable bonds is 5. The first kappa shape index (κ1) is 13.6. The molecule has 1 aliphatic rings. The summed E-state index contributed by atoms with van der Waals surface area (Å²) in [5, 5.41) is 6.19. The Kier molecular flexibility index (Phi) is 4.34. The summed E-state index contributed by atoms with van der Waals surface area (Å²) in [5.74, 6) is 0.590. The summed E-state index contributed by atoms with van der Waals surface area (Å²) in [6.45, 7) is 5.24. The minimum absolute atomic E-state index is 0.241. The molecule has 1 aliphatic heterocycles. The van der Waals surface area contributed by atoms with Crippen LogP contribution in [0.15, 0.2) is 42.5 Å². The summed E-state index contributed by atoms with van der Waals surface area (Å²) >= 11 is 0. The van der Waals surface area contributed by atoms with Crippen molar-refractivity contribution in [2.24, 2.45) is 5.92 Å². The predicted octanol–water partition coefficient (Wildman–Crippen LogP) is 3.92. The molecule has 2 aromatic rings. The molecule has 20 heavy (non-hydrogen) atoms. The largest absolute Gasteiger partial charge is 0.373 e. The van der Waals surface area contributed by atoms with Crippen molar-refractivity contribution >= 4 is 10.8 Å². The maximum Gasteiger partial charge on any atom is 0.0872 e. The molecule has 2 atom stereocenters. The van der Waals surface area contributed by atoms with Gasteiger partial charge in [-0.05, 0) is 35.7 Å². The third-order valence-corrected chi connectivity index (χ3v) is 4.18. The predicted molar refractivity (Wildman–Crippen MR) is 83.9 cm³/mol. The molecule has 106 valence electrons. The van der Waals surface area contributed by atoms with E-state index in [1.54, 1.807) is 0 Å². The van der Waals surface area contributed by atoms with Crippen LogP contribution in [0, 0.1) is 5.92 Å². The SMILES string of the molecule is CCCNCC1CCOC1c1cccc2ccccc12. The third-order valence-electron chi connectivity index (χ3n) is 4.18. The summed E-state index contributed by atoms with van der Waals surface area (Å²) in [4.78, 5) is 0. The van der Waals surface area contributed by atoms with Crippen LogP contribution in [-0.4, -0.2) is 19.7 Å². The zero-order chi connectivity index (χ0) is 13.8. The van der Waals surface area contributed by atoms with Crippen LogP contribution >= 0.6 is 0 Å². The third kappa shape index (κ3) is 2.72. The van der Waals surface area contributed by atoms with E-state index < -0.39 is 0 Å². The Labute approximate surface area is 121 Å². The van der Waals surface area contributed by atoms with E-state index in [1.165, 1.54) is 22.8 Å². The van der Waals surface area contributed by atoms with Crippen molar-refractivity contribution in [3.8, 4) is 0 Å². The van der Waals surface area contributed by atoms with Crippen LogP contribution in [-0.2, 0) is 4.74 Å². The average Bonchev–Trinajstić information content (AvgIpc) is 2.95. The Morgan fingerprint density at radius 3 is 2.90 bits per heavy atom. The van der Waals surface area contributed by atoms with Gasteiger partial charge in [-0.15, -0.1) is 0 Å². The summed E-state index contributed by atoms with van der Waals surface area (Å²) in [6.07, 6.45) is 2.59. The molecule has 1 heterocycles. The average molecular weight is 269 g/mol. The molecule has 1 saturated heterocycles. The molecular formula is C18H23NO. The minimum Gasteiger partial charge on any atom is -0.373 e. The fourth-order valence-corrected chi connectivity index (χ4v) is 3.15. The first-order valence-electron chi connectivity index (χ1n) is 7.70. The van der Waals surface area contributed by atoms with Crippen LogP contribution in [0.3, 0.4) is 0 Å². The number of hydrogen-bond donors (Lipinski definition) is 1. The maximum atomic E-state index is 6.05. The molecular weight excluding hydrogens is 246 g/mol. The maximum absolute atomic E-state index is 6.05. The number of ether oxygens (including phenoxy) is 1. The van der Waals surface area contributed by atoms with Crippen molar-refractivity contribution in [1.82, 2.24) is 5.32 Å². The fourth-order valence-electron chi connectivity index (χ4n) is 3.15. The van der Waals surface area contributed by atoms with Crippen LogP contribution in [0.2, 0.25) is 0 Å². The molecule has 1 N–H and O–H groups in total. The lowest BCUT2D eigenvalue weighted by molar-refractivity contribution is 0.0917. The molecule has 2 unspecified atom stereocenters. The van der Waals surface area contributed by atoms with E-state index >= 15 is 0 Å². The van der Waals surface area contributed by atoms with Gasteiger partial charge in [-0.3, -0.25) is 0 Å². The van der Waals surface area contributed by atoms with E-state index in [-0.39, 0.29) is 6.10 Å². The second-order valence-corrected chi connectivity index (χ2v) is 5.61. The highest BCUT2D eigenvalue weighted by Gasteiger charge is 2.30. The van der Waals surface area contributed by atoms with Crippen molar-refractivity contribution in [3.05, 3.63) is 48.0 Å². The summed E-state index contributed by atoms with van der Waals surface area (Å²) < 4.78 is 6.05. The smallest absolute Gasteiger partial charge is 0.0872 e. The van der Waals surface area contributed by atoms with E-state index in [1.807, 2.05) is 0 Å². The van der Waals surface area contributed by atoms with E-state index in [4.69, 9.17) is 4.74 Å². The van der Waals surface area contributed by atoms with Gasteiger partial charge in [0.25, 0.3) is 0 Å². The van der Waals surface area contributed by atoms with Crippen LogP contribution in [0.1, 0.15) is 31.4 Å². The Balaban J connectivity index is 1.86. The van der Waals surface area contributed by atoms with Crippen molar-refractivity contribution in [1.29, 1.82) is 0 Å². The molecule has 2 heteroatoms. The van der Waals surface area contributed by atoms with Crippen molar-refractivity contribution in [2.45, 2.75) is 25.9 Å². The normalized spacial score (nSPS) is 22.4. The second-order valence-electron chi connectivity index (χ2n) is 5.61. The molecule has 2 nitrogen and oxygen atoms in total. The van der Waals surface area contributed by atoms with E-state index in [9.17, 15) is 0 Å². The highest BCUT2D eigenvalue weighted by Crippen LogP contribution is 2.37. The van der Waals surface area contributed by atoms with Crippen LogP contribution in [0.4, 0.5) is 0 Å². The Bertz CT molecular complexity index is 561. The second kappa shape index (κ2) is 6.38. The Morgan fingerprint density at radius 1 is 1.15 bits per heavy atom. The van der Waals surface area contributed by atoms with Crippen LogP contribution in [0.25, 0.3) is 10.8 Å². The molecule has 0 saturated carbocycles. The van der Waals surface area contributed by atoms with E-state index in [0.29, 0.717) is 5.92 Å². The van der Waals surface area contributed by atoms with Gasteiger partial charge in [0.1, 0.15) is 0 Å². The lowest BCUT2D eigenvalue weighted by Gasteiger charge is -2.21. The minimum atomic E-state index is 0.241. The van der Waals surface area contributed by atoms with Crippen molar-refractivity contribution in [2.75, 3.05) is 19.7 Å². The van der Waals surface area contributed by atoms with E-state index in [2.05, 4.69) is 54.7 Å². The van der Waals surface area contributed by atoms with Gasteiger partial charge in [-0.2, -0.15) is 0 Å². The molecule has 2 aromatic carbocycles.